The number of halogens is 2. The van der Waals surface area contributed by atoms with Gasteiger partial charge in [0.2, 0.25) is 0 Å². The number of hydrogen-bond acceptors (Lipinski definition) is 3. The normalized spacial score (nSPS) is 9.08. The molecule has 64 valence electrons. The summed E-state index contributed by atoms with van der Waals surface area (Å²) in [5.74, 6) is -2.05. The van der Waals surface area contributed by atoms with Crippen LogP contribution in [0.15, 0.2) is 12.1 Å². The molecule has 0 aliphatic rings. The Hall–Kier alpha value is 0.276. The molecule has 0 saturated heterocycles. The molecule has 1 aromatic rings. The van der Waals surface area contributed by atoms with E-state index in [9.17, 15) is 19.6 Å². The standard InChI is InChI=1S/C6H3ClFNO3.K/c7-5-3(8)1-2-4(6(5)10)9(11)12;/h1-2,10H;/q;+1/p-1. The Bertz CT molecular complexity index is 347. The number of nitro benzene ring substituents is 1. The van der Waals surface area contributed by atoms with Crippen LogP contribution in [0, 0.1) is 15.9 Å². The molecule has 0 heterocycles. The summed E-state index contributed by atoms with van der Waals surface area (Å²) in [6.45, 7) is 0. The van der Waals surface area contributed by atoms with Crippen LogP contribution in [0.1, 0.15) is 0 Å². The van der Waals surface area contributed by atoms with Gasteiger partial charge in [-0.15, -0.1) is 0 Å². The van der Waals surface area contributed by atoms with Gasteiger partial charge in [-0.1, -0.05) is 11.6 Å². The van der Waals surface area contributed by atoms with Gasteiger partial charge in [0, 0.05) is 6.07 Å². The van der Waals surface area contributed by atoms with Crippen LogP contribution in [0.3, 0.4) is 0 Å². The fourth-order valence-electron chi connectivity index (χ4n) is 0.666. The minimum absolute atomic E-state index is 0. The Kier molecular flexibility index (Phi) is 5.34. The van der Waals surface area contributed by atoms with Gasteiger partial charge in [0.05, 0.1) is 9.95 Å². The quantitative estimate of drug-likeness (QED) is 0.333. The maximum atomic E-state index is 12.5. The van der Waals surface area contributed by atoms with Gasteiger partial charge in [0.1, 0.15) is 5.82 Å². The third kappa shape index (κ3) is 2.86. The van der Waals surface area contributed by atoms with Crippen LogP contribution in [-0.2, 0) is 0 Å². The molecule has 13 heavy (non-hydrogen) atoms. The third-order valence-corrected chi connectivity index (χ3v) is 1.58. The summed E-state index contributed by atoms with van der Waals surface area (Å²) in [7, 11) is 0. The van der Waals surface area contributed by atoms with E-state index in [1.165, 1.54) is 0 Å². The minimum Gasteiger partial charge on any atom is -0.867 e. The molecular formula is C6H2ClFKNO3. The van der Waals surface area contributed by atoms with Crippen LogP contribution in [-0.4, -0.2) is 4.92 Å². The van der Waals surface area contributed by atoms with Gasteiger partial charge >= 0.3 is 51.4 Å². The summed E-state index contributed by atoms with van der Waals surface area (Å²) in [5, 5.41) is 20.2. The molecule has 0 spiro atoms. The number of nitro groups is 1. The summed E-state index contributed by atoms with van der Waals surface area (Å²) >= 11 is 5.13. The van der Waals surface area contributed by atoms with Gasteiger partial charge in [-0.2, -0.15) is 0 Å². The number of hydrogen-bond donors (Lipinski definition) is 0. The molecule has 1 aromatic carbocycles. The second-order valence-electron chi connectivity index (χ2n) is 1.97. The maximum absolute atomic E-state index is 12.5. The average Bonchev–Trinajstić information content (AvgIpc) is 2.00. The summed E-state index contributed by atoms with van der Waals surface area (Å²) in [6, 6.07) is 1.56. The van der Waals surface area contributed by atoms with Crippen molar-refractivity contribution < 1.29 is 65.8 Å². The van der Waals surface area contributed by atoms with Crippen LogP contribution < -0.4 is 56.5 Å². The van der Waals surface area contributed by atoms with E-state index < -0.39 is 27.2 Å². The number of rotatable bonds is 1. The molecule has 0 aliphatic heterocycles. The topological polar surface area (TPSA) is 66.2 Å². The van der Waals surface area contributed by atoms with E-state index in [0.717, 1.165) is 12.1 Å². The van der Waals surface area contributed by atoms with Crippen molar-refractivity contribution in [2.45, 2.75) is 0 Å². The SMILES string of the molecule is O=[N+]([O-])c1ccc(F)c(Cl)c1[O-].[K+]. The van der Waals surface area contributed by atoms with Crippen LogP contribution in [0.2, 0.25) is 5.02 Å². The van der Waals surface area contributed by atoms with E-state index in [1.54, 1.807) is 0 Å². The molecule has 4 nitrogen and oxygen atoms in total. The van der Waals surface area contributed by atoms with E-state index in [4.69, 9.17) is 11.6 Å². The van der Waals surface area contributed by atoms with Crippen molar-refractivity contribution in [3.8, 4) is 5.75 Å². The predicted octanol–water partition coefficient (Wildman–Crippen LogP) is -1.54. The molecule has 0 atom stereocenters. The van der Waals surface area contributed by atoms with Crippen molar-refractivity contribution in [1.82, 2.24) is 0 Å². The Morgan fingerprint density at radius 1 is 1.46 bits per heavy atom. The van der Waals surface area contributed by atoms with E-state index in [-0.39, 0.29) is 51.4 Å². The summed E-state index contributed by atoms with van der Waals surface area (Å²) in [4.78, 5) is 9.20. The fourth-order valence-corrected chi connectivity index (χ4v) is 0.825. The Morgan fingerprint density at radius 3 is 2.46 bits per heavy atom. The van der Waals surface area contributed by atoms with Crippen LogP contribution >= 0.6 is 11.6 Å². The Balaban J connectivity index is 0.00000144. The van der Waals surface area contributed by atoms with E-state index >= 15 is 0 Å². The van der Waals surface area contributed by atoms with Gasteiger partial charge in [0.15, 0.2) is 0 Å². The summed E-state index contributed by atoms with van der Waals surface area (Å²) in [6.07, 6.45) is 0. The monoisotopic (exact) mass is 229 g/mol. The van der Waals surface area contributed by atoms with E-state index in [1.807, 2.05) is 0 Å². The maximum Gasteiger partial charge on any atom is 1.00 e. The molecule has 0 aliphatic carbocycles. The smallest absolute Gasteiger partial charge is 0.867 e. The summed E-state index contributed by atoms with van der Waals surface area (Å²) in [5.41, 5.74) is -0.721. The Labute approximate surface area is 120 Å². The molecule has 0 bridgehead atoms. The van der Waals surface area contributed by atoms with Crippen molar-refractivity contribution in [1.29, 1.82) is 0 Å². The van der Waals surface area contributed by atoms with Crippen LogP contribution in [0.25, 0.3) is 0 Å². The first-order valence-electron chi connectivity index (χ1n) is 2.83. The molecule has 0 radical (unpaired) electrons. The zero-order valence-corrected chi connectivity index (χ0v) is 10.5. The first-order chi connectivity index (χ1) is 5.54. The minimum atomic E-state index is -1.10. The van der Waals surface area contributed by atoms with Crippen molar-refractivity contribution in [3.05, 3.63) is 33.1 Å². The first kappa shape index (κ1) is 13.3. The third-order valence-electron chi connectivity index (χ3n) is 1.23. The zero-order chi connectivity index (χ0) is 9.30. The molecule has 0 unspecified atom stereocenters. The molecule has 1 rings (SSSR count). The van der Waals surface area contributed by atoms with Gasteiger partial charge in [0.25, 0.3) is 5.69 Å². The Morgan fingerprint density at radius 2 is 2.00 bits per heavy atom. The molecule has 0 saturated carbocycles. The van der Waals surface area contributed by atoms with E-state index in [2.05, 4.69) is 0 Å². The van der Waals surface area contributed by atoms with Crippen LogP contribution in [0.4, 0.5) is 10.1 Å². The van der Waals surface area contributed by atoms with E-state index in [0.29, 0.717) is 0 Å². The molecule has 0 aromatic heterocycles. The second-order valence-corrected chi connectivity index (χ2v) is 2.34. The molecule has 0 amide bonds. The predicted molar refractivity (Wildman–Crippen MR) is 37.5 cm³/mol. The summed E-state index contributed by atoms with van der Waals surface area (Å²) < 4.78 is 12.5. The molecule has 7 heteroatoms. The molecule has 0 fully saturated rings. The molecule has 0 N–H and O–H groups in total. The van der Waals surface area contributed by atoms with Crippen molar-refractivity contribution in [2.75, 3.05) is 0 Å². The van der Waals surface area contributed by atoms with Gasteiger partial charge in [-0.3, -0.25) is 10.1 Å². The molecular weight excluding hydrogens is 228 g/mol. The fraction of sp³-hybridized carbons (Fsp3) is 0. The number of benzene rings is 1. The van der Waals surface area contributed by atoms with Gasteiger partial charge < -0.3 is 5.11 Å². The number of nitrogens with zero attached hydrogens (tertiary/aromatic N) is 1. The van der Waals surface area contributed by atoms with Crippen molar-refractivity contribution >= 4 is 17.3 Å². The largest absolute Gasteiger partial charge is 1.00 e. The van der Waals surface area contributed by atoms with Crippen molar-refractivity contribution in [3.63, 3.8) is 0 Å². The van der Waals surface area contributed by atoms with Gasteiger partial charge in [-0.05, 0) is 11.8 Å². The van der Waals surface area contributed by atoms with Crippen molar-refractivity contribution in [2.24, 2.45) is 0 Å². The van der Waals surface area contributed by atoms with Crippen LogP contribution in [0.5, 0.6) is 5.75 Å². The zero-order valence-electron chi connectivity index (χ0n) is 6.58. The average molecular weight is 230 g/mol. The first-order valence-corrected chi connectivity index (χ1v) is 3.21. The second kappa shape index (κ2) is 5.23. The van der Waals surface area contributed by atoms with Gasteiger partial charge in [-0.25, -0.2) is 4.39 Å².